The summed E-state index contributed by atoms with van der Waals surface area (Å²) in [6.45, 7) is 4.83. The van der Waals surface area contributed by atoms with Crippen molar-refractivity contribution in [2.45, 2.75) is 31.8 Å². The Kier molecular flexibility index (Phi) is 5.21. The summed E-state index contributed by atoms with van der Waals surface area (Å²) in [4.78, 5) is 0.0133. The highest BCUT2D eigenvalue weighted by Gasteiger charge is 2.33. The van der Waals surface area contributed by atoms with Crippen LogP contribution in [0.5, 0.6) is 0 Å². The Balaban J connectivity index is 2.40. The second kappa shape index (κ2) is 6.42. The van der Waals surface area contributed by atoms with Gasteiger partial charge in [0.15, 0.2) is 0 Å². The summed E-state index contributed by atoms with van der Waals surface area (Å²) in [7, 11) is -3.67. The summed E-state index contributed by atoms with van der Waals surface area (Å²) in [5.41, 5.74) is 0.359. The highest BCUT2D eigenvalue weighted by atomic mass is 35.5. The zero-order valence-electron chi connectivity index (χ0n) is 12.0. The van der Waals surface area contributed by atoms with Crippen molar-refractivity contribution >= 4 is 33.2 Å². The third-order valence-electron chi connectivity index (χ3n) is 4.19. The minimum Gasteiger partial charge on any atom is -0.392 e. The van der Waals surface area contributed by atoms with Crippen LogP contribution in [0, 0.1) is 11.8 Å². The first kappa shape index (κ1) is 17.0. The predicted molar refractivity (Wildman–Crippen MR) is 84.1 cm³/mol. The van der Waals surface area contributed by atoms with Crippen LogP contribution in [-0.4, -0.2) is 30.9 Å². The number of hydrogen-bond acceptors (Lipinski definition) is 3. The Bertz CT molecular complexity index is 633. The van der Waals surface area contributed by atoms with Crippen LogP contribution in [0.2, 0.25) is 10.0 Å². The van der Waals surface area contributed by atoms with E-state index in [1.165, 1.54) is 16.4 Å². The minimum absolute atomic E-state index is 0.0133. The molecule has 1 aromatic carbocycles. The summed E-state index contributed by atoms with van der Waals surface area (Å²) in [5, 5.41) is 9.60. The minimum atomic E-state index is -3.67. The van der Waals surface area contributed by atoms with E-state index in [0.29, 0.717) is 30.5 Å². The maximum atomic E-state index is 12.8. The van der Waals surface area contributed by atoms with Gasteiger partial charge in [-0.2, -0.15) is 4.31 Å². The fourth-order valence-corrected chi connectivity index (χ4v) is 4.86. The summed E-state index contributed by atoms with van der Waals surface area (Å²) in [5.74, 6) is 0.807. The van der Waals surface area contributed by atoms with Crippen LogP contribution in [0.3, 0.4) is 0 Å². The lowest BCUT2D eigenvalue weighted by Crippen LogP contribution is -2.42. The molecule has 4 nitrogen and oxygen atoms in total. The number of aliphatic hydroxyl groups excluding tert-OH is 1. The van der Waals surface area contributed by atoms with Gasteiger partial charge in [-0.15, -0.1) is 0 Å². The third kappa shape index (κ3) is 3.37. The van der Waals surface area contributed by atoms with E-state index >= 15 is 0 Å². The number of halogens is 2. The Morgan fingerprint density at radius 3 is 2.48 bits per heavy atom. The van der Waals surface area contributed by atoms with E-state index in [-0.39, 0.29) is 21.5 Å². The molecule has 2 unspecified atom stereocenters. The number of piperidine rings is 1. The maximum Gasteiger partial charge on any atom is 0.244 e. The van der Waals surface area contributed by atoms with Gasteiger partial charge in [0.05, 0.1) is 11.6 Å². The molecule has 0 aliphatic carbocycles. The van der Waals surface area contributed by atoms with Crippen molar-refractivity contribution in [3.05, 3.63) is 27.7 Å². The number of benzene rings is 1. The standard InChI is InChI=1S/C14H19Cl2NO3S/c1-9-3-4-17(7-10(9)2)21(19,20)14-5-11(8-18)12(15)6-13(14)16/h5-6,9-10,18H,3-4,7-8H2,1-2H3. The molecule has 1 aromatic rings. The molecule has 2 atom stereocenters. The second-order valence-corrected chi connectivity index (χ2v) is 8.36. The lowest BCUT2D eigenvalue weighted by molar-refractivity contribution is 0.212. The number of hydrogen-bond donors (Lipinski definition) is 1. The Labute approximate surface area is 135 Å². The van der Waals surface area contributed by atoms with Gasteiger partial charge in [-0.3, -0.25) is 0 Å². The van der Waals surface area contributed by atoms with Gasteiger partial charge in [0, 0.05) is 18.1 Å². The van der Waals surface area contributed by atoms with E-state index in [0.717, 1.165) is 6.42 Å². The Morgan fingerprint density at radius 1 is 1.24 bits per heavy atom. The van der Waals surface area contributed by atoms with E-state index in [1.54, 1.807) is 0 Å². The monoisotopic (exact) mass is 351 g/mol. The lowest BCUT2D eigenvalue weighted by Gasteiger charge is -2.34. The molecule has 0 amide bonds. The van der Waals surface area contributed by atoms with Gasteiger partial charge in [-0.1, -0.05) is 37.0 Å². The third-order valence-corrected chi connectivity index (χ3v) is 6.87. The highest BCUT2D eigenvalue weighted by Crippen LogP contribution is 2.33. The molecule has 1 aliphatic rings. The smallest absolute Gasteiger partial charge is 0.244 e. The summed E-state index contributed by atoms with van der Waals surface area (Å²) in [6, 6.07) is 2.74. The average molecular weight is 352 g/mol. The molecule has 0 bridgehead atoms. The molecule has 0 saturated carbocycles. The van der Waals surface area contributed by atoms with E-state index in [2.05, 4.69) is 13.8 Å². The molecule has 0 radical (unpaired) electrons. The molecule has 1 heterocycles. The van der Waals surface area contributed by atoms with Gasteiger partial charge in [0.25, 0.3) is 0 Å². The van der Waals surface area contributed by atoms with Crippen LogP contribution in [0.25, 0.3) is 0 Å². The largest absolute Gasteiger partial charge is 0.392 e. The molecule has 2 rings (SSSR count). The number of nitrogens with zero attached hydrogens (tertiary/aromatic N) is 1. The molecule has 1 aliphatic heterocycles. The van der Waals surface area contributed by atoms with Crippen LogP contribution >= 0.6 is 23.2 Å². The fourth-order valence-electron chi connectivity index (χ4n) is 2.47. The molecule has 1 N–H and O–H groups in total. The van der Waals surface area contributed by atoms with E-state index < -0.39 is 10.0 Å². The van der Waals surface area contributed by atoms with Crippen LogP contribution < -0.4 is 0 Å². The first-order valence-corrected chi connectivity index (χ1v) is 9.06. The van der Waals surface area contributed by atoms with Gasteiger partial charge >= 0.3 is 0 Å². The lowest BCUT2D eigenvalue weighted by atomic mass is 9.90. The van der Waals surface area contributed by atoms with Crippen LogP contribution in [0.4, 0.5) is 0 Å². The molecule has 1 saturated heterocycles. The van der Waals surface area contributed by atoms with E-state index in [9.17, 15) is 13.5 Å². The molecular formula is C14H19Cl2NO3S. The normalized spacial score (nSPS) is 24.2. The molecule has 1 fully saturated rings. The van der Waals surface area contributed by atoms with Crippen LogP contribution in [-0.2, 0) is 16.6 Å². The molecule has 118 valence electrons. The van der Waals surface area contributed by atoms with Crippen molar-refractivity contribution < 1.29 is 13.5 Å². The van der Waals surface area contributed by atoms with Crippen molar-refractivity contribution in [3.8, 4) is 0 Å². The van der Waals surface area contributed by atoms with Gasteiger partial charge in [-0.25, -0.2) is 8.42 Å². The topological polar surface area (TPSA) is 57.6 Å². The Morgan fingerprint density at radius 2 is 1.90 bits per heavy atom. The van der Waals surface area contributed by atoms with Gasteiger partial charge in [0.2, 0.25) is 10.0 Å². The second-order valence-electron chi connectivity index (χ2n) is 5.64. The van der Waals surface area contributed by atoms with Gasteiger partial charge < -0.3 is 5.11 Å². The first-order valence-electron chi connectivity index (χ1n) is 6.86. The molecule has 0 spiro atoms. The van der Waals surface area contributed by atoms with E-state index in [1.807, 2.05) is 0 Å². The average Bonchev–Trinajstić information content (AvgIpc) is 2.41. The molecule has 7 heteroatoms. The zero-order chi connectivity index (χ0) is 15.8. The molecule has 0 aromatic heterocycles. The van der Waals surface area contributed by atoms with Gasteiger partial charge in [-0.05, 0) is 36.0 Å². The summed E-state index contributed by atoms with van der Waals surface area (Å²) < 4.78 is 27.0. The predicted octanol–water partition coefficient (Wildman–Crippen LogP) is 3.15. The highest BCUT2D eigenvalue weighted by molar-refractivity contribution is 7.89. The van der Waals surface area contributed by atoms with Crippen molar-refractivity contribution in [2.75, 3.05) is 13.1 Å². The van der Waals surface area contributed by atoms with Crippen LogP contribution in [0.1, 0.15) is 25.8 Å². The van der Waals surface area contributed by atoms with Crippen LogP contribution in [0.15, 0.2) is 17.0 Å². The number of aliphatic hydroxyl groups is 1. The fraction of sp³-hybridized carbons (Fsp3) is 0.571. The summed E-state index contributed by atoms with van der Waals surface area (Å²) >= 11 is 12.0. The van der Waals surface area contributed by atoms with E-state index in [4.69, 9.17) is 23.2 Å². The number of sulfonamides is 1. The Hall–Kier alpha value is -0.330. The number of rotatable bonds is 3. The van der Waals surface area contributed by atoms with Crippen molar-refractivity contribution in [1.82, 2.24) is 4.31 Å². The first-order chi connectivity index (χ1) is 9.77. The van der Waals surface area contributed by atoms with Crippen molar-refractivity contribution in [1.29, 1.82) is 0 Å². The molecular weight excluding hydrogens is 333 g/mol. The zero-order valence-corrected chi connectivity index (χ0v) is 14.3. The summed E-state index contributed by atoms with van der Waals surface area (Å²) in [6.07, 6.45) is 0.832. The van der Waals surface area contributed by atoms with Crippen molar-refractivity contribution in [2.24, 2.45) is 11.8 Å². The SMILES string of the molecule is CC1CCN(S(=O)(=O)c2cc(CO)c(Cl)cc2Cl)CC1C. The van der Waals surface area contributed by atoms with Crippen molar-refractivity contribution in [3.63, 3.8) is 0 Å². The van der Waals surface area contributed by atoms with Gasteiger partial charge in [0.1, 0.15) is 4.90 Å². The maximum absolute atomic E-state index is 12.8. The molecule has 21 heavy (non-hydrogen) atoms. The quantitative estimate of drug-likeness (QED) is 0.909.